The number of urea groups is 1. The second-order valence-electron chi connectivity index (χ2n) is 6.20. The molecule has 1 aliphatic rings. The van der Waals surface area contributed by atoms with E-state index in [1.54, 1.807) is 25.1 Å². The number of hydrogen-bond donors (Lipinski definition) is 4. The van der Waals surface area contributed by atoms with Crippen LogP contribution in [0, 0.1) is 0 Å². The van der Waals surface area contributed by atoms with Gasteiger partial charge in [-0.25, -0.2) is 13.2 Å². The standard InChI is InChI=1S/C17H20BN3O5S/c1-2-20-17(22)21-15-8-13(19)5-6-16(15)27(24,25)10-11-3-4-12-9-26-18(23)14(12)7-11/h3-8,23H,2,9-10,19H2,1H3,(H2,20,21,22). The second kappa shape index (κ2) is 7.59. The molecule has 27 heavy (non-hydrogen) atoms. The van der Waals surface area contributed by atoms with Crippen LogP contribution in [0.3, 0.4) is 0 Å². The average molecular weight is 389 g/mol. The van der Waals surface area contributed by atoms with Gasteiger partial charge in [-0.1, -0.05) is 18.2 Å². The lowest BCUT2D eigenvalue weighted by atomic mass is 9.79. The fraction of sp³-hybridized carbons (Fsp3) is 0.235. The highest BCUT2D eigenvalue weighted by Gasteiger charge is 2.28. The number of anilines is 2. The molecule has 3 rings (SSSR count). The van der Waals surface area contributed by atoms with E-state index in [-0.39, 0.29) is 16.3 Å². The Kier molecular flexibility index (Phi) is 5.40. The highest BCUT2D eigenvalue weighted by atomic mass is 32.2. The van der Waals surface area contributed by atoms with Gasteiger partial charge in [-0.2, -0.15) is 0 Å². The summed E-state index contributed by atoms with van der Waals surface area (Å²) in [5.41, 5.74) is 8.10. The maximum absolute atomic E-state index is 12.9. The first kappa shape index (κ1) is 19.2. The number of sulfone groups is 1. The average Bonchev–Trinajstić information content (AvgIpc) is 2.95. The van der Waals surface area contributed by atoms with Crippen LogP contribution in [0.2, 0.25) is 0 Å². The van der Waals surface area contributed by atoms with Gasteiger partial charge in [0.25, 0.3) is 0 Å². The highest BCUT2D eigenvalue weighted by molar-refractivity contribution is 7.90. The minimum absolute atomic E-state index is 0.0275. The first-order chi connectivity index (χ1) is 12.8. The van der Waals surface area contributed by atoms with Crippen molar-refractivity contribution in [2.24, 2.45) is 0 Å². The van der Waals surface area contributed by atoms with Crippen molar-refractivity contribution in [3.8, 4) is 0 Å². The summed E-state index contributed by atoms with van der Waals surface area (Å²) in [6, 6.07) is 8.78. The molecule has 5 N–H and O–H groups in total. The lowest BCUT2D eigenvalue weighted by molar-refractivity contribution is 0.252. The molecule has 0 aromatic heterocycles. The van der Waals surface area contributed by atoms with Crippen LogP contribution >= 0.6 is 0 Å². The molecular formula is C17H20BN3O5S. The molecule has 1 heterocycles. The molecule has 0 radical (unpaired) electrons. The topological polar surface area (TPSA) is 131 Å². The monoisotopic (exact) mass is 389 g/mol. The van der Waals surface area contributed by atoms with E-state index in [2.05, 4.69) is 10.6 Å². The van der Waals surface area contributed by atoms with Crippen molar-refractivity contribution < 1.29 is 22.9 Å². The molecule has 0 atom stereocenters. The third-order valence-corrected chi connectivity index (χ3v) is 5.89. The number of fused-ring (bicyclic) bond motifs is 1. The fourth-order valence-corrected chi connectivity index (χ4v) is 4.39. The molecule has 0 saturated heterocycles. The molecule has 0 aliphatic carbocycles. The summed E-state index contributed by atoms with van der Waals surface area (Å²) in [5, 5.41) is 14.9. The molecule has 142 valence electrons. The van der Waals surface area contributed by atoms with Crippen LogP contribution in [-0.4, -0.2) is 33.1 Å². The summed E-state index contributed by atoms with van der Waals surface area (Å²) in [6.45, 7) is 2.44. The van der Waals surface area contributed by atoms with E-state index >= 15 is 0 Å². The first-order valence-electron chi connectivity index (χ1n) is 8.38. The van der Waals surface area contributed by atoms with Crippen molar-refractivity contribution in [2.75, 3.05) is 17.6 Å². The number of nitrogens with two attached hydrogens (primary N) is 1. The van der Waals surface area contributed by atoms with Gasteiger partial charge in [0.1, 0.15) is 0 Å². The van der Waals surface area contributed by atoms with Gasteiger partial charge in [0.2, 0.25) is 0 Å². The van der Waals surface area contributed by atoms with E-state index < -0.39 is 23.0 Å². The Morgan fingerprint density at radius 3 is 2.81 bits per heavy atom. The molecule has 2 amide bonds. The Bertz CT molecular complexity index is 981. The van der Waals surface area contributed by atoms with Crippen LogP contribution < -0.4 is 21.8 Å². The van der Waals surface area contributed by atoms with Gasteiger partial charge < -0.3 is 26.0 Å². The second-order valence-corrected chi connectivity index (χ2v) is 8.15. The molecule has 0 spiro atoms. The Balaban J connectivity index is 1.91. The smallest absolute Gasteiger partial charge is 0.423 e. The van der Waals surface area contributed by atoms with Gasteiger partial charge >= 0.3 is 13.1 Å². The van der Waals surface area contributed by atoms with E-state index in [1.807, 2.05) is 0 Å². The number of carbonyl (C=O) groups is 1. The van der Waals surface area contributed by atoms with Gasteiger partial charge in [-0.05, 0) is 41.7 Å². The Hall–Kier alpha value is -2.56. The number of nitrogens with one attached hydrogen (secondary N) is 2. The minimum Gasteiger partial charge on any atom is -0.423 e. The summed E-state index contributed by atoms with van der Waals surface area (Å²) in [5.74, 6) is -0.291. The van der Waals surface area contributed by atoms with Crippen molar-refractivity contribution in [3.63, 3.8) is 0 Å². The number of hydrogen-bond acceptors (Lipinski definition) is 6. The fourth-order valence-electron chi connectivity index (χ4n) is 2.89. The number of benzene rings is 2. The number of rotatable bonds is 5. The third-order valence-electron chi connectivity index (χ3n) is 4.15. The van der Waals surface area contributed by atoms with Gasteiger partial charge in [0.05, 0.1) is 22.9 Å². The zero-order valence-corrected chi connectivity index (χ0v) is 15.5. The predicted octanol–water partition coefficient (Wildman–Crippen LogP) is 0.602. The third kappa shape index (κ3) is 4.24. The van der Waals surface area contributed by atoms with E-state index in [1.165, 1.54) is 18.2 Å². The zero-order chi connectivity index (χ0) is 19.6. The van der Waals surface area contributed by atoms with E-state index in [9.17, 15) is 18.2 Å². The summed E-state index contributed by atoms with van der Waals surface area (Å²) < 4.78 is 31.0. The Morgan fingerprint density at radius 1 is 1.30 bits per heavy atom. The van der Waals surface area contributed by atoms with Crippen molar-refractivity contribution in [3.05, 3.63) is 47.5 Å². The molecule has 2 aromatic rings. The predicted molar refractivity (Wildman–Crippen MR) is 103 cm³/mol. The minimum atomic E-state index is -3.78. The van der Waals surface area contributed by atoms with Crippen LogP contribution in [0.1, 0.15) is 18.1 Å². The summed E-state index contributed by atoms with van der Waals surface area (Å²) in [6.07, 6.45) is 0. The van der Waals surface area contributed by atoms with Crippen molar-refractivity contribution >= 4 is 39.8 Å². The highest BCUT2D eigenvalue weighted by Crippen LogP contribution is 2.27. The maximum atomic E-state index is 12.9. The number of amides is 2. The normalized spacial score (nSPS) is 13.3. The molecule has 0 saturated carbocycles. The van der Waals surface area contributed by atoms with Crippen LogP contribution in [0.5, 0.6) is 0 Å². The number of carbonyl (C=O) groups excluding carboxylic acids is 1. The lowest BCUT2D eigenvalue weighted by Gasteiger charge is -2.13. The quantitative estimate of drug-likeness (QED) is 0.438. The van der Waals surface area contributed by atoms with Crippen LogP contribution in [0.4, 0.5) is 16.2 Å². The largest absolute Gasteiger partial charge is 0.491 e. The van der Waals surface area contributed by atoms with Gasteiger partial charge in [-0.15, -0.1) is 0 Å². The van der Waals surface area contributed by atoms with Crippen molar-refractivity contribution in [2.45, 2.75) is 24.2 Å². The summed E-state index contributed by atoms with van der Waals surface area (Å²) in [7, 11) is -4.82. The van der Waals surface area contributed by atoms with Crippen LogP contribution in [0.15, 0.2) is 41.3 Å². The van der Waals surface area contributed by atoms with Crippen molar-refractivity contribution in [1.29, 1.82) is 0 Å². The van der Waals surface area contributed by atoms with Gasteiger partial charge in [0, 0.05) is 12.2 Å². The SMILES string of the molecule is CCNC(=O)Nc1cc(N)ccc1S(=O)(=O)Cc1ccc2c(c1)B(O)OC2. The van der Waals surface area contributed by atoms with Crippen LogP contribution in [-0.2, 0) is 26.9 Å². The Morgan fingerprint density at radius 2 is 2.07 bits per heavy atom. The molecule has 8 nitrogen and oxygen atoms in total. The zero-order valence-electron chi connectivity index (χ0n) is 14.7. The molecule has 10 heteroatoms. The van der Waals surface area contributed by atoms with Gasteiger partial charge in [0.15, 0.2) is 9.84 Å². The van der Waals surface area contributed by atoms with Crippen molar-refractivity contribution in [1.82, 2.24) is 5.32 Å². The number of nitrogen functional groups attached to an aromatic ring is 1. The molecule has 0 unspecified atom stereocenters. The summed E-state index contributed by atoms with van der Waals surface area (Å²) in [4.78, 5) is 11.8. The maximum Gasteiger partial charge on any atom is 0.491 e. The van der Waals surface area contributed by atoms with E-state index in [0.717, 1.165) is 5.56 Å². The molecule has 0 bridgehead atoms. The van der Waals surface area contributed by atoms with Crippen LogP contribution in [0.25, 0.3) is 0 Å². The molecular weight excluding hydrogens is 369 g/mol. The molecule has 2 aromatic carbocycles. The lowest BCUT2D eigenvalue weighted by Crippen LogP contribution is -2.29. The Labute approximate surface area is 157 Å². The van der Waals surface area contributed by atoms with E-state index in [0.29, 0.717) is 29.9 Å². The first-order valence-corrected chi connectivity index (χ1v) is 10.0. The molecule has 1 aliphatic heterocycles. The van der Waals surface area contributed by atoms with E-state index in [4.69, 9.17) is 10.4 Å². The molecule has 0 fully saturated rings. The summed E-state index contributed by atoms with van der Waals surface area (Å²) >= 11 is 0. The van der Waals surface area contributed by atoms with Gasteiger partial charge in [-0.3, -0.25) is 0 Å².